The lowest BCUT2D eigenvalue weighted by molar-refractivity contribution is -0.113. The topological polar surface area (TPSA) is 54.9 Å². The van der Waals surface area contributed by atoms with Crippen molar-refractivity contribution in [2.24, 2.45) is 0 Å². The number of hydrogen-bond acceptors (Lipinski definition) is 6. The summed E-state index contributed by atoms with van der Waals surface area (Å²) in [7, 11) is 0. The Morgan fingerprint density at radius 1 is 0.765 bits per heavy atom. The van der Waals surface area contributed by atoms with Gasteiger partial charge in [-0.25, -0.2) is 0 Å². The first-order valence-electron chi connectivity index (χ1n) is 10.8. The van der Waals surface area contributed by atoms with Crippen molar-refractivity contribution in [3.63, 3.8) is 0 Å². The number of aromatic nitrogens is 2. The van der Waals surface area contributed by atoms with Crippen LogP contribution in [0.1, 0.15) is 5.56 Å². The Bertz CT molecular complexity index is 1410. The Hall–Kier alpha value is -3.13. The van der Waals surface area contributed by atoms with Gasteiger partial charge in [0.25, 0.3) is 0 Å². The van der Waals surface area contributed by atoms with Crippen molar-refractivity contribution in [1.82, 2.24) is 10.2 Å². The number of carbonyl (C=O) groups is 1. The third-order valence-electron chi connectivity index (χ3n) is 5.23. The fourth-order valence-corrected chi connectivity index (χ4v) is 6.47. The molecule has 168 valence electrons. The summed E-state index contributed by atoms with van der Waals surface area (Å²) >= 11 is 4.62. The summed E-state index contributed by atoms with van der Waals surface area (Å²) in [6.07, 6.45) is 0. The van der Waals surface area contributed by atoms with Gasteiger partial charge in [0, 0.05) is 17.0 Å². The molecule has 0 saturated carbocycles. The maximum atomic E-state index is 12.6. The van der Waals surface area contributed by atoms with Crippen LogP contribution in [0.3, 0.4) is 0 Å². The highest BCUT2D eigenvalue weighted by molar-refractivity contribution is 8.03. The molecule has 1 heterocycles. The van der Waals surface area contributed by atoms with E-state index in [1.807, 2.05) is 54.6 Å². The maximum Gasteiger partial charge on any atom is 0.234 e. The van der Waals surface area contributed by atoms with E-state index in [9.17, 15) is 4.79 Å². The van der Waals surface area contributed by atoms with Gasteiger partial charge in [-0.15, -0.1) is 10.2 Å². The van der Waals surface area contributed by atoms with Gasteiger partial charge in [-0.05, 0) is 28.0 Å². The molecule has 0 aliphatic rings. The SMILES string of the molecule is O=C(CSc1nnc(SCc2cccc3ccccc23)s1)Nc1ccccc1-c1ccccc1. The number of nitrogens with zero attached hydrogens (tertiary/aromatic N) is 2. The predicted molar refractivity (Wildman–Crippen MR) is 145 cm³/mol. The van der Waals surface area contributed by atoms with Crippen molar-refractivity contribution >= 4 is 57.2 Å². The van der Waals surface area contributed by atoms with Gasteiger partial charge in [-0.2, -0.15) is 0 Å². The average molecular weight is 500 g/mol. The molecule has 0 aliphatic carbocycles. The molecule has 0 radical (unpaired) electrons. The lowest BCUT2D eigenvalue weighted by Gasteiger charge is -2.10. The molecule has 34 heavy (non-hydrogen) atoms. The highest BCUT2D eigenvalue weighted by Gasteiger charge is 2.12. The van der Waals surface area contributed by atoms with Gasteiger partial charge in [0.05, 0.1) is 5.75 Å². The first-order chi connectivity index (χ1) is 16.8. The monoisotopic (exact) mass is 499 g/mol. The molecule has 0 spiro atoms. The van der Waals surface area contributed by atoms with E-state index in [0.717, 1.165) is 31.2 Å². The highest BCUT2D eigenvalue weighted by Crippen LogP contribution is 2.33. The molecule has 0 atom stereocenters. The molecule has 0 bridgehead atoms. The molecule has 7 heteroatoms. The van der Waals surface area contributed by atoms with Gasteiger partial charge in [-0.1, -0.05) is 126 Å². The number of carbonyl (C=O) groups excluding carboxylic acids is 1. The van der Waals surface area contributed by atoms with Gasteiger partial charge >= 0.3 is 0 Å². The lowest BCUT2D eigenvalue weighted by Crippen LogP contribution is -2.14. The summed E-state index contributed by atoms with van der Waals surface area (Å²) in [5, 5.41) is 14.1. The molecule has 0 unspecified atom stereocenters. The summed E-state index contributed by atoms with van der Waals surface area (Å²) in [4.78, 5) is 12.6. The van der Waals surface area contributed by atoms with E-state index in [1.165, 1.54) is 39.4 Å². The predicted octanol–water partition coefficient (Wildman–Crippen LogP) is 7.38. The minimum Gasteiger partial charge on any atom is -0.325 e. The first kappa shape index (κ1) is 22.7. The number of thioether (sulfide) groups is 2. The summed E-state index contributed by atoms with van der Waals surface area (Å²) in [5.74, 6) is 1.05. The molecule has 0 aliphatic heterocycles. The summed E-state index contributed by atoms with van der Waals surface area (Å²) in [6.45, 7) is 0. The summed E-state index contributed by atoms with van der Waals surface area (Å²) in [5.41, 5.74) is 4.17. The zero-order valence-corrected chi connectivity index (χ0v) is 20.6. The third-order valence-corrected chi connectivity index (χ3v) is 8.47. The Balaban J connectivity index is 1.17. The second-order valence-corrected chi connectivity index (χ2v) is 10.9. The van der Waals surface area contributed by atoms with Gasteiger partial charge in [-0.3, -0.25) is 4.79 Å². The number of para-hydroxylation sites is 1. The van der Waals surface area contributed by atoms with E-state index < -0.39 is 0 Å². The molecule has 5 rings (SSSR count). The fraction of sp³-hybridized carbons (Fsp3) is 0.0741. The van der Waals surface area contributed by atoms with Crippen molar-refractivity contribution in [2.75, 3.05) is 11.1 Å². The van der Waals surface area contributed by atoms with Crippen LogP contribution in [0.4, 0.5) is 5.69 Å². The quantitative estimate of drug-likeness (QED) is 0.226. The van der Waals surface area contributed by atoms with E-state index >= 15 is 0 Å². The van der Waals surface area contributed by atoms with Crippen LogP contribution in [0.25, 0.3) is 21.9 Å². The number of fused-ring (bicyclic) bond motifs is 1. The van der Waals surface area contributed by atoms with Crippen LogP contribution in [-0.2, 0) is 10.5 Å². The minimum absolute atomic E-state index is 0.0615. The van der Waals surface area contributed by atoms with Crippen LogP contribution in [0, 0.1) is 0 Å². The van der Waals surface area contributed by atoms with Crippen LogP contribution >= 0.6 is 34.9 Å². The zero-order chi connectivity index (χ0) is 23.2. The first-order valence-corrected chi connectivity index (χ1v) is 13.5. The Labute approximate surface area is 210 Å². The molecule has 0 saturated heterocycles. The van der Waals surface area contributed by atoms with Crippen LogP contribution in [-0.4, -0.2) is 21.9 Å². The number of benzene rings is 4. The number of hydrogen-bond donors (Lipinski definition) is 1. The molecule has 1 amide bonds. The molecule has 4 aromatic carbocycles. The lowest BCUT2D eigenvalue weighted by atomic mass is 10.0. The molecule has 0 fully saturated rings. The number of amides is 1. The normalized spacial score (nSPS) is 10.9. The summed E-state index contributed by atoms with van der Waals surface area (Å²) < 4.78 is 1.71. The van der Waals surface area contributed by atoms with Gasteiger partial charge in [0.2, 0.25) is 5.91 Å². The van der Waals surface area contributed by atoms with Crippen molar-refractivity contribution < 1.29 is 4.79 Å². The number of anilines is 1. The van der Waals surface area contributed by atoms with E-state index in [0.29, 0.717) is 0 Å². The number of rotatable bonds is 8. The molecule has 1 aromatic heterocycles. The van der Waals surface area contributed by atoms with Crippen LogP contribution in [0.5, 0.6) is 0 Å². The second-order valence-electron chi connectivity index (χ2n) is 7.51. The van der Waals surface area contributed by atoms with E-state index in [2.05, 4.69) is 58.0 Å². The maximum absolute atomic E-state index is 12.6. The molecular weight excluding hydrogens is 479 g/mol. The van der Waals surface area contributed by atoms with Crippen LogP contribution in [0.2, 0.25) is 0 Å². The van der Waals surface area contributed by atoms with Gasteiger partial charge in [0.1, 0.15) is 0 Å². The Morgan fingerprint density at radius 2 is 1.47 bits per heavy atom. The van der Waals surface area contributed by atoms with Crippen molar-refractivity contribution in [3.05, 3.63) is 103 Å². The van der Waals surface area contributed by atoms with Crippen molar-refractivity contribution in [2.45, 2.75) is 14.4 Å². The Morgan fingerprint density at radius 3 is 2.35 bits per heavy atom. The highest BCUT2D eigenvalue weighted by atomic mass is 32.2. The minimum atomic E-state index is -0.0615. The smallest absolute Gasteiger partial charge is 0.234 e. The molecule has 1 N–H and O–H groups in total. The second kappa shape index (κ2) is 10.9. The largest absolute Gasteiger partial charge is 0.325 e. The molecule has 4 nitrogen and oxygen atoms in total. The van der Waals surface area contributed by atoms with Crippen molar-refractivity contribution in [3.8, 4) is 11.1 Å². The van der Waals surface area contributed by atoms with Gasteiger partial charge in [0.15, 0.2) is 8.68 Å². The Kier molecular flexibility index (Phi) is 7.24. The van der Waals surface area contributed by atoms with Crippen LogP contribution in [0.15, 0.2) is 106 Å². The fourth-order valence-electron chi connectivity index (χ4n) is 3.65. The van der Waals surface area contributed by atoms with E-state index in [1.54, 1.807) is 11.8 Å². The zero-order valence-electron chi connectivity index (χ0n) is 18.2. The standard InChI is InChI=1S/C27H21N3OS3/c31-25(28-24-16-7-6-15-23(24)20-9-2-1-3-10-20)18-33-27-30-29-26(34-27)32-17-21-13-8-12-19-11-4-5-14-22(19)21/h1-16H,17-18H2,(H,28,31). The van der Waals surface area contributed by atoms with E-state index in [4.69, 9.17) is 0 Å². The van der Waals surface area contributed by atoms with Crippen molar-refractivity contribution in [1.29, 1.82) is 0 Å². The third kappa shape index (κ3) is 5.50. The summed E-state index contributed by atoms with van der Waals surface area (Å²) in [6, 6.07) is 32.7. The molecule has 5 aromatic rings. The molecular formula is C27H21N3OS3. The number of nitrogens with one attached hydrogen (secondary N) is 1. The van der Waals surface area contributed by atoms with Gasteiger partial charge < -0.3 is 5.32 Å². The van der Waals surface area contributed by atoms with E-state index in [-0.39, 0.29) is 11.7 Å². The van der Waals surface area contributed by atoms with Crippen LogP contribution < -0.4 is 5.32 Å². The average Bonchev–Trinajstić information content (AvgIpc) is 3.35.